The minimum atomic E-state index is -0.531. The minimum Gasteiger partial charge on any atom is -0.507 e. The van der Waals surface area contributed by atoms with Crippen molar-refractivity contribution in [3.63, 3.8) is 0 Å². The number of cyclic esters (lactones) is 1. The van der Waals surface area contributed by atoms with Crippen LogP contribution in [0.15, 0.2) is 63.7 Å². The number of phenolic OH excluding ortho intramolecular Hbond substituents is 1. The summed E-state index contributed by atoms with van der Waals surface area (Å²) in [6.07, 6.45) is 1.50. The van der Waals surface area contributed by atoms with E-state index in [4.69, 9.17) is 4.74 Å². The summed E-state index contributed by atoms with van der Waals surface area (Å²) in [4.78, 5) is 16.0. The van der Waals surface area contributed by atoms with Crippen molar-refractivity contribution >= 4 is 33.9 Å². The SMILES string of the molecule is O=C1OC(c2ccccc2)=N/C1=C\c1ccc(Br)cc1O. The van der Waals surface area contributed by atoms with Crippen LogP contribution >= 0.6 is 15.9 Å². The van der Waals surface area contributed by atoms with Gasteiger partial charge in [-0.25, -0.2) is 9.79 Å². The van der Waals surface area contributed by atoms with E-state index in [2.05, 4.69) is 20.9 Å². The number of carbonyl (C=O) groups is 1. The highest BCUT2D eigenvalue weighted by atomic mass is 79.9. The molecule has 1 aliphatic heterocycles. The van der Waals surface area contributed by atoms with Crippen molar-refractivity contribution in [3.05, 3.63) is 69.8 Å². The summed E-state index contributed by atoms with van der Waals surface area (Å²) in [6.45, 7) is 0. The van der Waals surface area contributed by atoms with Gasteiger partial charge < -0.3 is 9.84 Å². The lowest BCUT2D eigenvalue weighted by atomic mass is 10.1. The average Bonchev–Trinajstić information content (AvgIpc) is 2.84. The summed E-state index contributed by atoms with van der Waals surface area (Å²) in [6, 6.07) is 14.2. The monoisotopic (exact) mass is 343 g/mol. The largest absolute Gasteiger partial charge is 0.507 e. The van der Waals surface area contributed by atoms with Gasteiger partial charge in [-0.1, -0.05) is 40.2 Å². The van der Waals surface area contributed by atoms with Crippen molar-refractivity contribution < 1.29 is 14.6 Å². The molecule has 0 radical (unpaired) electrons. The topological polar surface area (TPSA) is 58.9 Å². The number of ether oxygens (including phenoxy) is 1. The van der Waals surface area contributed by atoms with Crippen molar-refractivity contribution in [1.82, 2.24) is 0 Å². The molecular weight excluding hydrogens is 334 g/mol. The second-order valence-electron chi connectivity index (χ2n) is 4.41. The number of hydrogen-bond donors (Lipinski definition) is 1. The highest BCUT2D eigenvalue weighted by Gasteiger charge is 2.24. The van der Waals surface area contributed by atoms with Gasteiger partial charge in [0, 0.05) is 15.6 Å². The standard InChI is InChI=1S/C16H10BrNO3/c17-12-7-6-11(14(19)9-12)8-13-16(20)21-15(18-13)10-4-2-1-3-5-10/h1-9,19H/b13-8-. The van der Waals surface area contributed by atoms with Gasteiger partial charge in [0.05, 0.1) is 0 Å². The predicted molar refractivity (Wildman–Crippen MR) is 82.9 cm³/mol. The minimum absolute atomic E-state index is 0.0630. The van der Waals surface area contributed by atoms with Crippen molar-refractivity contribution in [2.45, 2.75) is 0 Å². The fourth-order valence-corrected chi connectivity index (χ4v) is 2.25. The van der Waals surface area contributed by atoms with Crippen molar-refractivity contribution in [2.24, 2.45) is 4.99 Å². The van der Waals surface area contributed by atoms with Gasteiger partial charge in [0.1, 0.15) is 5.75 Å². The molecular formula is C16H10BrNO3. The van der Waals surface area contributed by atoms with Gasteiger partial charge in [-0.05, 0) is 30.3 Å². The third-order valence-corrected chi connectivity index (χ3v) is 3.42. The Balaban J connectivity index is 1.97. The first-order valence-corrected chi connectivity index (χ1v) is 6.99. The lowest BCUT2D eigenvalue weighted by Crippen LogP contribution is -2.04. The number of aromatic hydroxyl groups is 1. The first-order chi connectivity index (χ1) is 10.1. The maximum atomic E-state index is 11.8. The number of aliphatic imine (C=N–C) groups is 1. The van der Waals surface area contributed by atoms with Crippen molar-refractivity contribution in [1.29, 1.82) is 0 Å². The van der Waals surface area contributed by atoms with E-state index in [-0.39, 0.29) is 17.3 Å². The van der Waals surface area contributed by atoms with Gasteiger partial charge in [0.2, 0.25) is 5.90 Å². The Bertz CT molecular complexity index is 766. The van der Waals surface area contributed by atoms with Gasteiger partial charge in [-0.2, -0.15) is 0 Å². The smallest absolute Gasteiger partial charge is 0.363 e. The molecule has 0 fully saturated rings. The molecule has 2 aromatic rings. The van der Waals surface area contributed by atoms with E-state index in [1.54, 1.807) is 18.2 Å². The van der Waals surface area contributed by atoms with Gasteiger partial charge in [-0.15, -0.1) is 0 Å². The fourth-order valence-electron chi connectivity index (χ4n) is 1.90. The summed E-state index contributed by atoms with van der Waals surface area (Å²) < 4.78 is 5.90. The zero-order valence-corrected chi connectivity index (χ0v) is 12.4. The second-order valence-corrected chi connectivity index (χ2v) is 5.32. The molecule has 0 atom stereocenters. The van der Waals surface area contributed by atoms with E-state index in [1.807, 2.05) is 30.3 Å². The highest BCUT2D eigenvalue weighted by Crippen LogP contribution is 2.26. The van der Waals surface area contributed by atoms with Gasteiger partial charge in [0.15, 0.2) is 5.70 Å². The molecule has 1 heterocycles. The molecule has 2 aromatic carbocycles. The van der Waals surface area contributed by atoms with Crippen molar-refractivity contribution in [3.8, 4) is 5.75 Å². The molecule has 0 spiro atoms. The van der Waals surface area contributed by atoms with Gasteiger partial charge in [0.25, 0.3) is 0 Å². The summed E-state index contributed by atoms with van der Waals surface area (Å²) >= 11 is 3.26. The maximum Gasteiger partial charge on any atom is 0.363 e. The van der Waals surface area contributed by atoms with Crippen molar-refractivity contribution in [2.75, 3.05) is 0 Å². The van der Waals surface area contributed by atoms with Crippen LogP contribution in [0, 0.1) is 0 Å². The van der Waals surface area contributed by atoms with E-state index >= 15 is 0 Å². The summed E-state index contributed by atoms with van der Waals surface area (Å²) in [7, 11) is 0. The number of nitrogens with zero attached hydrogens (tertiary/aromatic N) is 1. The third kappa shape index (κ3) is 2.87. The number of carbonyl (C=O) groups excluding carboxylic acids is 1. The molecule has 0 saturated carbocycles. The fraction of sp³-hybridized carbons (Fsp3) is 0. The molecule has 4 nitrogen and oxygen atoms in total. The number of benzene rings is 2. The Morgan fingerprint density at radius 1 is 1.14 bits per heavy atom. The molecule has 0 saturated heterocycles. The Kier molecular flexibility index (Phi) is 3.58. The zero-order valence-electron chi connectivity index (χ0n) is 10.8. The van der Waals surface area contributed by atoms with Crippen LogP contribution in [0.4, 0.5) is 0 Å². The van der Waals surface area contributed by atoms with Crippen LogP contribution in [0.25, 0.3) is 6.08 Å². The van der Waals surface area contributed by atoms with Crippen LogP contribution in [-0.2, 0) is 9.53 Å². The number of hydrogen-bond acceptors (Lipinski definition) is 4. The Morgan fingerprint density at radius 2 is 1.90 bits per heavy atom. The molecule has 0 bridgehead atoms. The highest BCUT2D eigenvalue weighted by molar-refractivity contribution is 9.10. The molecule has 0 aliphatic carbocycles. The summed E-state index contributed by atoms with van der Waals surface area (Å²) in [5.41, 5.74) is 1.39. The van der Waals surface area contributed by atoms with Crippen LogP contribution in [-0.4, -0.2) is 17.0 Å². The molecule has 1 N–H and O–H groups in total. The number of halogens is 1. The van der Waals surface area contributed by atoms with Crippen LogP contribution in [0.5, 0.6) is 5.75 Å². The molecule has 0 aromatic heterocycles. The first-order valence-electron chi connectivity index (χ1n) is 6.20. The molecule has 1 aliphatic rings. The van der Waals surface area contributed by atoms with Crippen LogP contribution in [0.3, 0.4) is 0 Å². The Morgan fingerprint density at radius 3 is 2.62 bits per heavy atom. The maximum absolute atomic E-state index is 11.8. The normalized spacial score (nSPS) is 16.0. The van der Waals surface area contributed by atoms with Crippen LogP contribution in [0.2, 0.25) is 0 Å². The average molecular weight is 344 g/mol. The van der Waals surface area contributed by atoms with E-state index in [0.717, 1.165) is 10.0 Å². The molecule has 104 valence electrons. The van der Waals surface area contributed by atoms with Gasteiger partial charge >= 0.3 is 5.97 Å². The molecule has 0 amide bonds. The predicted octanol–water partition coefficient (Wildman–Crippen LogP) is 3.50. The molecule has 0 unspecified atom stereocenters. The third-order valence-electron chi connectivity index (χ3n) is 2.93. The lowest BCUT2D eigenvalue weighted by Gasteiger charge is -1.99. The summed E-state index contributed by atoms with van der Waals surface area (Å²) in [5.74, 6) is -0.201. The quantitative estimate of drug-likeness (QED) is 0.670. The first kappa shape index (κ1) is 13.6. The number of phenols is 1. The second kappa shape index (κ2) is 5.54. The van der Waals surface area contributed by atoms with E-state index in [1.165, 1.54) is 6.08 Å². The zero-order chi connectivity index (χ0) is 14.8. The number of rotatable bonds is 2. The van der Waals surface area contributed by atoms with E-state index < -0.39 is 5.97 Å². The van der Waals surface area contributed by atoms with E-state index in [0.29, 0.717) is 5.56 Å². The summed E-state index contributed by atoms with van der Waals surface area (Å²) in [5, 5.41) is 9.85. The van der Waals surface area contributed by atoms with E-state index in [9.17, 15) is 9.90 Å². The molecule has 3 rings (SSSR count). The molecule has 5 heteroatoms. The van der Waals surface area contributed by atoms with Crippen LogP contribution in [0.1, 0.15) is 11.1 Å². The Labute approximate surface area is 129 Å². The van der Waals surface area contributed by atoms with Crippen LogP contribution < -0.4 is 0 Å². The molecule has 21 heavy (non-hydrogen) atoms. The van der Waals surface area contributed by atoms with Gasteiger partial charge in [-0.3, -0.25) is 0 Å². The lowest BCUT2D eigenvalue weighted by molar-refractivity contribution is -0.129. The number of esters is 1. The Hall–Kier alpha value is -2.40.